The standard InChI is InChI=1S/C30H20O2.2Y/c31-29-19-25(23-7-3-1-4-8-23)17-27(29)15-21-11-13-22(14-12-21)16-28-18-26(20-30(28)32)24-9-5-2-6-10-24;;/h1-16H,19-20H2;;/q-2;;/b27-15-,28-16-;;. The molecule has 0 amide bonds. The summed E-state index contributed by atoms with van der Waals surface area (Å²) in [6.07, 6.45) is 11.0. The van der Waals surface area contributed by atoms with Crippen molar-refractivity contribution in [2.24, 2.45) is 0 Å². The van der Waals surface area contributed by atoms with Gasteiger partial charge in [0.25, 0.3) is 0 Å². The number of benzene rings is 3. The summed E-state index contributed by atoms with van der Waals surface area (Å²) in [4.78, 5) is 24.9. The van der Waals surface area contributed by atoms with Crippen molar-refractivity contribution in [1.29, 1.82) is 0 Å². The van der Waals surface area contributed by atoms with Gasteiger partial charge in [0.1, 0.15) is 0 Å². The van der Waals surface area contributed by atoms with Crippen molar-refractivity contribution in [1.82, 2.24) is 0 Å². The predicted octanol–water partition coefficient (Wildman–Crippen LogP) is 6.17. The largest absolute Gasteiger partial charge is 0.351 e. The minimum absolute atomic E-state index is 0. The summed E-state index contributed by atoms with van der Waals surface area (Å²) in [5, 5.41) is 0. The first-order chi connectivity index (χ1) is 15.7. The number of carbonyl (C=O) groups excluding carboxylic acids is 2. The van der Waals surface area contributed by atoms with Crippen LogP contribution < -0.4 is 0 Å². The summed E-state index contributed by atoms with van der Waals surface area (Å²) in [7, 11) is 0. The Morgan fingerprint density at radius 1 is 0.529 bits per heavy atom. The molecule has 0 heterocycles. The number of allylic oxidation sites excluding steroid dienone is 6. The smallest absolute Gasteiger partial charge is 0.0814 e. The number of hydrogen-bond acceptors (Lipinski definition) is 2. The third-order valence-electron chi connectivity index (χ3n) is 5.65. The van der Waals surface area contributed by atoms with Crippen LogP contribution in [0.5, 0.6) is 0 Å². The number of Topliss-reactive ketones (excluding diaryl/α,β-unsaturated/α-hetero) is 2. The zero-order valence-corrected chi connectivity index (χ0v) is 24.3. The molecule has 4 heteroatoms. The molecule has 0 bridgehead atoms. The molecule has 0 unspecified atom stereocenters. The summed E-state index contributed by atoms with van der Waals surface area (Å²) < 4.78 is 0. The summed E-state index contributed by atoms with van der Waals surface area (Å²) in [5.41, 5.74) is 6.99. The van der Waals surface area contributed by atoms with Gasteiger partial charge in [-0.1, -0.05) is 107 Å². The van der Waals surface area contributed by atoms with E-state index >= 15 is 0 Å². The van der Waals surface area contributed by atoms with Gasteiger partial charge in [0, 0.05) is 65.4 Å². The van der Waals surface area contributed by atoms with Gasteiger partial charge in [-0.15, -0.1) is 46.6 Å². The third-order valence-corrected chi connectivity index (χ3v) is 5.65. The molecule has 0 aromatic heterocycles. The summed E-state index contributed by atoms with van der Waals surface area (Å²) >= 11 is 0. The zero-order valence-electron chi connectivity index (χ0n) is 18.6. The maximum atomic E-state index is 12.4. The molecule has 2 aliphatic rings. The van der Waals surface area contributed by atoms with Crippen LogP contribution in [0.4, 0.5) is 0 Å². The molecule has 34 heavy (non-hydrogen) atoms. The second-order valence-corrected chi connectivity index (χ2v) is 7.92. The van der Waals surface area contributed by atoms with Gasteiger partial charge in [-0.25, -0.2) is 0 Å². The Morgan fingerprint density at radius 3 is 1.24 bits per heavy atom. The van der Waals surface area contributed by atoms with Crippen LogP contribution in [0.25, 0.3) is 23.3 Å². The van der Waals surface area contributed by atoms with Gasteiger partial charge in [-0.05, 0) is 12.8 Å². The molecule has 0 saturated carbocycles. The van der Waals surface area contributed by atoms with E-state index in [1.165, 1.54) is 0 Å². The van der Waals surface area contributed by atoms with Crippen molar-refractivity contribution >= 4 is 34.9 Å². The van der Waals surface area contributed by atoms with Crippen LogP contribution in [0, 0.1) is 12.2 Å². The average Bonchev–Trinajstić information content (AvgIpc) is 3.38. The third kappa shape index (κ3) is 6.23. The van der Waals surface area contributed by atoms with E-state index in [2.05, 4.69) is 12.2 Å². The molecule has 2 radical (unpaired) electrons. The zero-order chi connectivity index (χ0) is 21.9. The Balaban J connectivity index is 0.00000162. The van der Waals surface area contributed by atoms with Crippen molar-refractivity contribution in [2.75, 3.05) is 0 Å². The quantitative estimate of drug-likeness (QED) is 0.269. The van der Waals surface area contributed by atoms with Gasteiger partial charge in [0.15, 0.2) is 0 Å². The van der Waals surface area contributed by atoms with Crippen molar-refractivity contribution in [3.05, 3.63) is 130 Å². The first-order valence-corrected chi connectivity index (χ1v) is 10.6. The maximum Gasteiger partial charge on any atom is 0.0814 e. The van der Waals surface area contributed by atoms with Crippen LogP contribution in [0.1, 0.15) is 35.1 Å². The van der Waals surface area contributed by atoms with Gasteiger partial charge >= 0.3 is 0 Å². The minimum atomic E-state index is 0. The normalized spacial score (nSPS) is 17.3. The van der Waals surface area contributed by atoms with Crippen LogP contribution >= 0.6 is 0 Å². The van der Waals surface area contributed by atoms with Crippen LogP contribution in [0.15, 0.2) is 96.1 Å². The molecule has 0 spiro atoms. The fourth-order valence-electron chi connectivity index (χ4n) is 3.95. The molecule has 0 saturated heterocycles. The first kappa shape index (κ1) is 26.8. The second-order valence-electron chi connectivity index (χ2n) is 7.92. The fraction of sp³-hybridized carbons (Fsp3) is 0.0667. The van der Waals surface area contributed by atoms with Crippen molar-refractivity contribution in [3.8, 4) is 0 Å². The van der Waals surface area contributed by atoms with E-state index in [-0.39, 0.29) is 77.0 Å². The maximum absolute atomic E-state index is 12.4. The van der Waals surface area contributed by atoms with Crippen molar-refractivity contribution in [2.45, 2.75) is 12.8 Å². The Hall–Kier alpha value is -1.83. The van der Waals surface area contributed by atoms with Crippen LogP contribution in [-0.2, 0) is 75.0 Å². The van der Waals surface area contributed by atoms with Gasteiger partial charge in [-0.2, -0.15) is 0 Å². The number of carbonyl (C=O) groups is 2. The number of ketones is 2. The second kappa shape index (κ2) is 12.2. The first-order valence-electron chi connectivity index (χ1n) is 10.6. The molecular formula is C30H20O2Y2-2. The summed E-state index contributed by atoms with van der Waals surface area (Å²) in [6, 6.07) is 27.6. The molecule has 160 valence electrons. The molecule has 0 N–H and O–H groups in total. The molecule has 3 aromatic carbocycles. The van der Waals surface area contributed by atoms with E-state index in [9.17, 15) is 9.59 Å². The van der Waals surface area contributed by atoms with Gasteiger partial charge in [0.05, 0.1) is 11.6 Å². The van der Waals surface area contributed by atoms with Crippen LogP contribution in [-0.4, -0.2) is 11.6 Å². The van der Waals surface area contributed by atoms with Gasteiger partial charge < -0.3 is 9.59 Å². The summed E-state index contributed by atoms with van der Waals surface area (Å²) in [6.45, 7) is 0. The topological polar surface area (TPSA) is 34.1 Å². The molecule has 0 atom stereocenters. The van der Waals surface area contributed by atoms with Gasteiger partial charge in [0.2, 0.25) is 0 Å². The molecule has 0 aliphatic heterocycles. The van der Waals surface area contributed by atoms with E-state index in [1.807, 2.05) is 97.1 Å². The molecule has 3 aromatic rings. The van der Waals surface area contributed by atoms with E-state index in [0.717, 1.165) is 33.4 Å². The fourth-order valence-corrected chi connectivity index (χ4v) is 3.95. The average molecular weight is 590 g/mol. The Labute approximate surface area is 250 Å². The van der Waals surface area contributed by atoms with E-state index in [4.69, 9.17) is 0 Å². The Morgan fingerprint density at radius 2 is 0.882 bits per heavy atom. The predicted molar refractivity (Wildman–Crippen MR) is 128 cm³/mol. The Kier molecular flexibility index (Phi) is 9.62. The van der Waals surface area contributed by atoms with Crippen LogP contribution in [0.3, 0.4) is 0 Å². The monoisotopic (exact) mass is 590 g/mol. The van der Waals surface area contributed by atoms with E-state index in [0.29, 0.717) is 24.0 Å². The van der Waals surface area contributed by atoms with E-state index < -0.39 is 0 Å². The number of rotatable bonds is 4. The molecule has 2 aliphatic carbocycles. The Bertz CT molecular complexity index is 1210. The summed E-state index contributed by atoms with van der Waals surface area (Å²) in [5.74, 6) is 0.166. The molecule has 2 nitrogen and oxygen atoms in total. The van der Waals surface area contributed by atoms with Crippen molar-refractivity contribution < 1.29 is 75.0 Å². The van der Waals surface area contributed by atoms with E-state index in [1.54, 1.807) is 0 Å². The number of hydrogen-bond donors (Lipinski definition) is 0. The van der Waals surface area contributed by atoms with Gasteiger partial charge in [-0.3, -0.25) is 0 Å². The molecule has 5 rings (SSSR count). The van der Waals surface area contributed by atoms with Crippen molar-refractivity contribution in [3.63, 3.8) is 0 Å². The van der Waals surface area contributed by atoms with Crippen LogP contribution in [0.2, 0.25) is 0 Å². The molecule has 0 fully saturated rings. The minimum Gasteiger partial charge on any atom is -0.351 e. The molecular weight excluding hydrogens is 570 g/mol. The SMILES string of the molecule is O=C1CC(c2ccccc2)=[C-]/C1=C/c1ccc(/C=C2/[C-]=C(c3ccccc3)CC2=O)cc1.[Y].[Y].